The molecule has 1 N–H and O–H groups in total. The van der Waals surface area contributed by atoms with Gasteiger partial charge >= 0.3 is 5.97 Å². The minimum atomic E-state index is -0.257. The van der Waals surface area contributed by atoms with Crippen molar-refractivity contribution in [1.82, 2.24) is 5.32 Å². The van der Waals surface area contributed by atoms with E-state index in [9.17, 15) is 4.79 Å². The van der Waals surface area contributed by atoms with E-state index in [1.54, 1.807) is 0 Å². The Morgan fingerprint density at radius 3 is 3.13 bits per heavy atom. The molecule has 15 heavy (non-hydrogen) atoms. The van der Waals surface area contributed by atoms with Gasteiger partial charge in [0.25, 0.3) is 0 Å². The number of alkyl halides is 1. The summed E-state index contributed by atoms with van der Waals surface area (Å²) in [5, 5.41) is 3.24. The van der Waals surface area contributed by atoms with Crippen LogP contribution in [0.2, 0.25) is 0 Å². The molecule has 0 aromatic rings. The van der Waals surface area contributed by atoms with Gasteiger partial charge in [0.05, 0.1) is 13.7 Å². The van der Waals surface area contributed by atoms with E-state index in [1.807, 2.05) is 0 Å². The first-order valence-electron chi connectivity index (χ1n) is 5.24. The number of ether oxygens (including phenoxy) is 2. The Labute approximate surface area is 98.8 Å². The highest BCUT2D eigenvalue weighted by Crippen LogP contribution is 2.12. The Kier molecular flexibility index (Phi) is 6.20. The van der Waals surface area contributed by atoms with Crippen molar-refractivity contribution in [2.45, 2.75) is 17.7 Å². The molecule has 88 valence electrons. The molecule has 0 saturated carbocycles. The second-order valence-corrected chi connectivity index (χ2v) is 4.84. The highest BCUT2D eigenvalue weighted by molar-refractivity contribution is 9.10. The van der Waals surface area contributed by atoms with Crippen LogP contribution in [0.3, 0.4) is 0 Å². The lowest BCUT2D eigenvalue weighted by molar-refractivity contribution is -0.139. The lowest BCUT2D eigenvalue weighted by atomic mass is 10.0. The fourth-order valence-electron chi connectivity index (χ4n) is 1.59. The molecule has 2 atom stereocenters. The number of hydrogen-bond acceptors (Lipinski definition) is 4. The molecule has 0 radical (unpaired) electrons. The van der Waals surface area contributed by atoms with Crippen molar-refractivity contribution in [1.29, 1.82) is 0 Å². The van der Waals surface area contributed by atoms with E-state index >= 15 is 0 Å². The Morgan fingerprint density at radius 1 is 1.73 bits per heavy atom. The second kappa shape index (κ2) is 7.19. The molecule has 0 aliphatic carbocycles. The normalized spacial score (nSPS) is 23.5. The van der Waals surface area contributed by atoms with E-state index in [0.29, 0.717) is 12.5 Å². The number of carbonyl (C=O) groups is 1. The zero-order chi connectivity index (χ0) is 11.1. The molecule has 1 heterocycles. The number of nitrogens with one attached hydrogen (secondary N) is 1. The first-order chi connectivity index (χ1) is 7.24. The van der Waals surface area contributed by atoms with Gasteiger partial charge in [0, 0.05) is 19.7 Å². The zero-order valence-electron chi connectivity index (χ0n) is 9.00. The summed E-state index contributed by atoms with van der Waals surface area (Å²) in [5.41, 5.74) is 0. The van der Waals surface area contributed by atoms with E-state index < -0.39 is 0 Å². The van der Waals surface area contributed by atoms with Gasteiger partial charge in [-0.05, 0) is 18.8 Å². The van der Waals surface area contributed by atoms with Crippen LogP contribution in [-0.2, 0) is 14.3 Å². The van der Waals surface area contributed by atoms with Crippen molar-refractivity contribution in [3.63, 3.8) is 0 Å². The maximum absolute atomic E-state index is 11.1. The molecule has 2 unspecified atom stereocenters. The van der Waals surface area contributed by atoms with Crippen molar-refractivity contribution in [3.05, 3.63) is 0 Å². The Hall–Kier alpha value is -0.130. The summed E-state index contributed by atoms with van der Waals surface area (Å²) in [5.74, 6) is 0.346. The zero-order valence-corrected chi connectivity index (χ0v) is 10.6. The molecule has 0 aromatic heterocycles. The largest absolute Gasteiger partial charge is 0.468 e. The fraction of sp³-hybridized carbons (Fsp3) is 0.900. The minimum Gasteiger partial charge on any atom is -0.468 e. The average Bonchev–Trinajstić information content (AvgIpc) is 2.29. The smallest absolute Gasteiger partial charge is 0.320 e. The fourth-order valence-corrected chi connectivity index (χ4v) is 2.01. The predicted octanol–water partition coefficient (Wildman–Crippen LogP) is 0.939. The molecule has 0 bridgehead atoms. The Balaban J connectivity index is 2.07. The standard InChI is InChI=1S/C10H18BrNO3/c1-14-10(13)9(11)6-12-5-8-3-2-4-15-7-8/h8-9,12H,2-7H2,1H3. The quantitative estimate of drug-likeness (QED) is 0.601. The molecule has 4 nitrogen and oxygen atoms in total. The summed E-state index contributed by atoms with van der Waals surface area (Å²) in [7, 11) is 1.39. The summed E-state index contributed by atoms with van der Waals surface area (Å²) < 4.78 is 9.97. The van der Waals surface area contributed by atoms with Gasteiger partial charge in [-0.25, -0.2) is 0 Å². The number of halogens is 1. The average molecular weight is 280 g/mol. The van der Waals surface area contributed by atoms with Crippen LogP contribution < -0.4 is 5.32 Å². The van der Waals surface area contributed by atoms with E-state index in [4.69, 9.17) is 4.74 Å². The van der Waals surface area contributed by atoms with Crippen LogP contribution in [0.25, 0.3) is 0 Å². The van der Waals surface area contributed by atoms with Crippen LogP contribution in [0.1, 0.15) is 12.8 Å². The van der Waals surface area contributed by atoms with Crippen LogP contribution in [0.15, 0.2) is 0 Å². The maximum atomic E-state index is 11.1. The SMILES string of the molecule is COC(=O)C(Br)CNCC1CCCOC1. The van der Waals surface area contributed by atoms with E-state index in [-0.39, 0.29) is 10.8 Å². The third-order valence-electron chi connectivity index (χ3n) is 2.47. The monoisotopic (exact) mass is 279 g/mol. The summed E-state index contributed by atoms with van der Waals surface area (Å²) >= 11 is 3.26. The predicted molar refractivity (Wildman–Crippen MR) is 61.1 cm³/mol. The summed E-state index contributed by atoms with van der Waals surface area (Å²) in [4.78, 5) is 10.8. The van der Waals surface area contributed by atoms with Gasteiger partial charge in [0.1, 0.15) is 4.83 Å². The maximum Gasteiger partial charge on any atom is 0.320 e. The number of rotatable bonds is 5. The number of carbonyl (C=O) groups excluding carboxylic acids is 1. The van der Waals surface area contributed by atoms with Crippen molar-refractivity contribution >= 4 is 21.9 Å². The van der Waals surface area contributed by atoms with Crippen molar-refractivity contribution < 1.29 is 14.3 Å². The van der Waals surface area contributed by atoms with Crippen LogP contribution in [-0.4, -0.2) is 44.2 Å². The first-order valence-corrected chi connectivity index (χ1v) is 6.16. The van der Waals surface area contributed by atoms with Crippen LogP contribution >= 0.6 is 15.9 Å². The van der Waals surface area contributed by atoms with Gasteiger partial charge in [-0.15, -0.1) is 0 Å². The minimum absolute atomic E-state index is 0.234. The molecule has 1 fully saturated rings. The first kappa shape index (κ1) is 12.9. The van der Waals surface area contributed by atoms with Gasteiger partial charge in [0.15, 0.2) is 0 Å². The summed E-state index contributed by atoms with van der Waals surface area (Å²) in [6.07, 6.45) is 2.35. The van der Waals surface area contributed by atoms with Crippen LogP contribution in [0, 0.1) is 5.92 Å². The Bertz CT molecular complexity index is 195. The highest BCUT2D eigenvalue weighted by atomic mass is 79.9. The number of hydrogen-bond donors (Lipinski definition) is 1. The van der Waals surface area contributed by atoms with Gasteiger partial charge < -0.3 is 14.8 Å². The third-order valence-corrected chi connectivity index (χ3v) is 3.17. The third kappa shape index (κ3) is 4.95. The molecule has 1 saturated heterocycles. The molecular weight excluding hydrogens is 262 g/mol. The van der Waals surface area contributed by atoms with Crippen LogP contribution in [0.5, 0.6) is 0 Å². The molecular formula is C10H18BrNO3. The number of methoxy groups -OCH3 is 1. The van der Waals surface area contributed by atoms with Gasteiger partial charge in [0.2, 0.25) is 0 Å². The van der Waals surface area contributed by atoms with Gasteiger partial charge in [-0.1, -0.05) is 15.9 Å². The molecule has 0 amide bonds. The van der Waals surface area contributed by atoms with Crippen molar-refractivity contribution in [2.75, 3.05) is 33.4 Å². The van der Waals surface area contributed by atoms with Crippen molar-refractivity contribution in [3.8, 4) is 0 Å². The van der Waals surface area contributed by atoms with Gasteiger partial charge in [-0.3, -0.25) is 4.79 Å². The lowest BCUT2D eigenvalue weighted by Crippen LogP contribution is -2.35. The van der Waals surface area contributed by atoms with E-state index in [1.165, 1.54) is 13.5 Å². The molecule has 1 aliphatic heterocycles. The molecule has 0 aromatic carbocycles. The number of esters is 1. The van der Waals surface area contributed by atoms with Crippen LogP contribution in [0.4, 0.5) is 0 Å². The van der Waals surface area contributed by atoms with Crippen molar-refractivity contribution in [2.24, 2.45) is 5.92 Å². The highest BCUT2D eigenvalue weighted by Gasteiger charge is 2.17. The van der Waals surface area contributed by atoms with Gasteiger partial charge in [-0.2, -0.15) is 0 Å². The Morgan fingerprint density at radius 2 is 2.53 bits per heavy atom. The summed E-state index contributed by atoms with van der Waals surface area (Å²) in [6.45, 7) is 3.22. The topological polar surface area (TPSA) is 47.6 Å². The lowest BCUT2D eigenvalue weighted by Gasteiger charge is -2.22. The van der Waals surface area contributed by atoms with E-state index in [2.05, 4.69) is 26.0 Å². The second-order valence-electron chi connectivity index (χ2n) is 3.73. The molecule has 1 rings (SSSR count). The molecule has 5 heteroatoms. The van der Waals surface area contributed by atoms with E-state index in [0.717, 1.165) is 26.2 Å². The molecule has 0 spiro atoms. The summed E-state index contributed by atoms with van der Waals surface area (Å²) in [6, 6.07) is 0. The molecule has 1 aliphatic rings.